The van der Waals surface area contributed by atoms with Crippen LogP contribution in [-0.2, 0) is 14.8 Å². The van der Waals surface area contributed by atoms with E-state index in [1.807, 2.05) is 0 Å². The van der Waals surface area contributed by atoms with Crippen molar-refractivity contribution in [2.75, 3.05) is 32.7 Å². The summed E-state index contributed by atoms with van der Waals surface area (Å²) in [5, 5.41) is 14.1. The van der Waals surface area contributed by atoms with Gasteiger partial charge in [0, 0.05) is 58.1 Å². The highest BCUT2D eigenvalue weighted by atomic mass is 32.2. The average molecular weight is 411 g/mol. The number of carbonyl (C=O) groups is 1. The maximum atomic E-state index is 12.8. The van der Waals surface area contributed by atoms with Gasteiger partial charge in [-0.1, -0.05) is 0 Å². The lowest BCUT2D eigenvalue weighted by Crippen LogP contribution is -2.50. The minimum atomic E-state index is -3.58. The Morgan fingerprint density at radius 3 is 2.68 bits per heavy atom. The molecule has 0 bridgehead atoms. The van der Waals surface area contributed by atoms with E-state index in [-0.39, 0.29) is 16.8 Å². The Kier molecular flexibility index (Phi) is 6.69. The van der Waals surface area contributed by atoms with Gasteiger partial charge >= 0.3 is 0 Å². The molecule has 0 saturated carbocycles. The first-order valence-corrected chi connectivity index (χ1v) is 11.3. The normalized spacial score (nSPS) is 25.9. The zero-order chi connectivity index (χ0) is 20.2. The van der Waals surface area contributed by atoms with Gasteiger partial charge in [-0.3, -0.25) is 9.78 Å². The lowest BCUT2D eigenvalue weighted by Gasteiger charge is -2.38. The first kappa shape index (κ1) is 21.2. The molecule has 9 heteroatoms. The second-order valence-corrected chi connectivity index (χ2v) is 9.86. The number of hydrogen-bond donors (Lipinski definition) is 2. The van der Waals surface area contributed by atoms with Crippen LogP contribution in [0, 0.1) is 0 Å². The molecule has 2 fully saturated rings. The molecule has 3 rings (SSSR count). The third-order valence-electron chi connectivity index (χ3n) is 5.66. The molecule has 1 atom stereocenters. The number of amides is 1. The molecule has 2 N–H and O–H groups in total. The molecule has 1 amide bonds. The first-order chi connectivity index (χ1) is 13.3. The molecule has 0 spiro atoms. The molecule has 156 valence electrons. The van der Waals surface area contributed by atoms with Gasteiger partial charge < -0.3 is 15.3 Å². The van der Waals surface area contributed by atoms with Crippen LogP contribution in [0.1, 0.15) is 39.0 Å². The van der Waals surface area contributed by atoms with E-state index in [1.54, 1.807) is 18.3 Å². The Bertz CT molecular complexity index is 765. The third kappa shape index (κ3) is 5.28. The third-order valence-corrected chi connectivity index (χ3v) is 7.54. The summed E-state index contributed by atoms with van der Waals surface area (Å²) in [6, 6.07) is 3.38. The molecule has 1 unspecified atom stereocenters. The Hall–Kier alpha value is -1.55. The van der Waals surface area contributed by atoms with Gasteiger partial charge in [0.15, 0.2) is 0 Å². The van der Waals surface area contributed by atoms with Crippen LogP contribution >= 0.6 is 0 Å². The van der Waals surface area contributed by atoms with Gasteiger partial charge in [-0.15, -0.1) is 0 Å². The van der Waals surface area contributed by atoms with E-state index >= 15 is 0 Å². The number of likely N-dealkylation sites (tertiary alicyclic amines) is 1. The standard InChI is InChI=1S/C19H30N4O4S/c1-16(24)21-17-5-11-22(12-6-17)15-19(25)7-3-10-23(13-8-19)28(26,27)18-4-2-9-20-14-18/h2,4,9,14,17,25H,3,5-8,10-13,15H2,1H3,(H,21,24). The lowest BCUT2D eigenvalue weighted by molar-refractivity contribution is -0.120. The lowest BCUT2D eigenvalue weighted by atomic mass is 9.93. The van der Waals surface area contributed by atoms with Crippen LogP contribution in [0.4, 0.5) is 0 Å². The molecule has 0 radical (unpaired) electrons. The van der Waals surface area contributed by atoms with E-state index in [1.165, 1.54) is 17.4 Å². The van der Waals surface area contributed by atoms with Crippen molar-refractivity contribution in [1.82, 2.24) is 19.5 Å². The van der Waals surface area contributed by atoms with Crippen LogP contribution in [0.3, 0.4) is 0 Å². The van der Waals surface area contributed by atoms with Crippen LogP contribution < -0.4 is 5.32 Å². The van der Waals surface area contributed by atoms with Crippen molar-refractivity contribution >= 4 is 15.9 Å². The number of aromatic nitrogens is 1. The SMILES string of the molecule is CC(=O)NC1CCN(CC2(O)CCCN(S(=O)(=O)c3cccnc3)CC2)CC1. The fourth-order valence-corrected chi connectivity index (χ4v) is 5.58. The van der Waals surface area contributed by atoms with E-state index in [9.17, 15) is 18.3 Å². The summed E-state index contributed by atoms with van der Waals surface area (Å²) in [7, 11) is -3.58. The number of rotatable bonds is 5. The number of nitrogens with zero attached hydrogens (tertiary/aromatic N) is 3. The summed E-state index contributed by atoms with van der Waals surface area (Å²) in [6.45, 7) is 4.43. The fraction of sp³-hybridized carbons (Fsp3) is 0.684. The summed E-state index contributed by atoms with van der Waals surface area (Å²) in [5.74, 6) is -0.00392. The second kappa shape index (κ2) is 8.86. The molecule has 0 aromatic carbocycles. The molecular formula is C19H30N4O4S. The van der Waals surface area contributed by atoms with Crippen molar-refractivity contribution in [3.05, 3.63) is 24.5 Å². The number of aliphatic hydroxyl groups is 1. The van der Waals surface area contributed by atoms with Crippen molar-refractivity contribution < 1.29 is 18.3 Å². The van der Waals surface area contributed by atoms with Gasteiger partial charge in [0.2, 0.25) is 15.9 Å². The van der Waals surface area contributed by atoms with E-state index < -0.39 is 15.6 Å². The molecule has 0 aliphatic carbocycles. The van der Waals surface area contributed by atoms with Gasteiger partial charge in [-0.2, -0.15) is 4.31 Å². The van der Waals surface area contributed by atoms with Crippen molar-refractivity contribution in [2.24, 2.45) is 0 Å². The zero-order valence-corrected chi connectivity index (χ0v) is 17.2. The summed E-state index contributed by atoms with van der Waals surface area (Å²) >= 11 is 0. The molecule has 2 saturated heterocycles. The number of carbonyl (C=O) groups excluding carboxylic acids is 1. The Labute approximate surface area is 167 Å². The highest BCUT2D eigenvalue weighted by molar-refractivity contribution is 7.89. The molecule has 1 aromatic rings. The Balaban J connectivity index is 1.56. The van der Waals surface area contributed by atoms with E-state index in [0.717, 1.165) is 25.9 Å². The molecule has 8 nitrogen and oxygen atoms in total. The molecule has 1 aromatic heterocycles. The summed E-state index contributed by atoms with van der Waals surface area (Å²) in [5.41, 5.74) is -0.889. The summed E-state index contributed by atoms with van der Waals surface area (Å²) in [6.07, 6.45) is 6.28. The minimum absolute atomic E-state index is 0.00392. The highest BCUT2D eigenvalue weighted by Gasteiger charge is 2.36. The number of pyridine rings is 1. The van der Waals surface area contributed by atoms with Crippen molar-refractivity contribution in [1.29, 1.82) is 0 Å². The Morgan fingerprint density at radius 1 is 1.29 bits per heavy atom. The highest BCUT2D eigenvalue weighted by Crippen LogP contribution is 2.27. The maximum Gasteiger partial charge on any atom is 0.244 e. The zero-order valence-electron chi connectivity index (χ0n) is 16.4. The molecule has 2 aliphatic rings. The van der Waals surface area contributed by atoms with Crippen LogP contribution in [0.15, 0.2) is 29.4 Å². The monoisotopic (exact) mass is 410 g/mol. The van der Waals surface area contributed by atoms with Crippen LogP contribution in [-0.4, -0.2) is 78.0 Å². The quantitative estimate of drug-likeness (QED) is 0.736. The van der Waals surface area contributed by atoms with Crippen LogP contribution in [0.5, 0.6) is 0 Å². The van der Waals surface area contributed by atoms with Crippen LogP contribution in [0.2, 0.25) is 0 Å². The smallest absolute Gasteiger partial charge is 0.244 e. The number of piperidine rings is 1. The number of β-amino-alcohol motifs (C(OH)–C–C–N with tert-alkyl or cyclic N) is 1. The van der Waals surface area contributed by atoms with Gasteiger partial charge in [-0.25, -0.2) is 8.42 Å². The van der Waals surface area contributed by atoms with E-state index in [4.69, 9.17) is 0 Å². The van der Waals surface area contributed by atoms with E-state index in [2.05, 4.69) is 15.2 Å². The van der Waals surface area contributed by atoms with Crippen molar-refractivity contribution in [3.63, 3.8) is 0 Å². The minimum Gasteiger partial charge on any atom is -0.389 e. The fourth-order valence-electron chi connectivity index (χ4n) is 4.14. The number of hydrogen-bond acceptors (Lipinski definition) is 6. The first-order valence-electron chi connectivity index (χ1n) is 9.91. The van der Waals surface area contributed by atoms with Crippen molar-refractivity contribution in [3.8, 4) is 0 Å². The average Bonchev–Trinajstić information content (AvgIpc) is 2.86. The van der Waals surface area contributed by atoms with Crippen molar-refractivity contribution in [2.45, 2.75) is 55.6 Å². The van der Waals surface area contributed by atoms with Crippen LogP contribution in [0.25, 0.3) is 0 Å². The second-order valence-electron chi connectivity index (χ2n) is 7.92. The topological polar surface area (TPSA) is 103 Å². The maximum absolute atomic E-state index is 12.8. The number of nitrogens with one attached hydrogen (secondary N) is 1. The predicted molar refractivity (Wildman–Crippen MR) is 105 cm³/mol. The molecule has 3 heterocycles. The van der Waals surface area contributed by atoms with Gasteiger partial charge in [0.1, 0.15) is 4.90 Å². The summed E-state index contributed by atoms with van der Waals surface area (Å²) < 4.78 is 27.1. The predicted octanol–water partition coefficient (Wildman–Crippen LogP) is 0.588. The molecule has 2 aliphatic heterocycles. The number of sulfonamides is 1. The summed E-state index contributed by atoms with van der Waals surface area (Å²) in [4.78, 5) is 17.5. The van der Waals surface area contributed by atoms with Gasteiger partial charge in [0.25, 0.3) is 0 Å². The van der Waals surface area contributed by atoms with E-state index in [0.29, 0.717) is 38.9 Å². The Morgan fingerprint density at radius 2 is 2.04 bits per heavy atom. The van der Waals surface area contributed by atoms with Gasteiger partial charge in [0.05, 0.1) is 5.60 Å². The van der Waals surface area contributed by atoms with Gasteiger partial charge in [-0.05, 0) is 44.2 Å². The molecule has 28 heavy (non-hydrogen) atoms. The molecular weight excluding hydrogens is 380 g/mol. The largest absolute Gasteiger partial charge is 0.389 e.